The minimum absolute atomic E-state index is 0.0258. The van der Waals surface area contributed by atoms with Crippen molar-refractivity contribution in [1.29, 1.82) is 0 Å². The maximum absolute atomic E-state index is 11.4. The predicted octanol–water partition coefficient (Wildman–Crippen LogP) is 0.865. The van der Waals surface area contributed by atoms with Gasteiger partial charge in [0, 0.05) is 24.7 Å². The van der Waals surface area contributed by atoms with Gasteiger partial charge in [-0.1, -0.05) is 0 Å². The van der Waals surface area contributed by atoms with E-state index in [1.807, 2.05) is 19.2 Å². The first-order valence-corrected chi connectivity index (χ1v) is 6.42. The molecule has 0 unspecified atom stereocenters. The zero-order valence-electron chi connectivity index (χ0n) is 10.4. The van der Waals surface area contributed by atoms with Gasteiger partial charge in [0.25, 0.3) is 0 Å². The number of rotatable bonds is 7. The van der Waals surface area contributed by atoms with E-state index in [1.54, 1.807) is 18.4 Å². The molecule has 0 aliphatic heterocycles. The second-order valence-electron chi connectivity index (χ2n) is 3.77. The summed E-state index contributed by atoms with van der Waals surface area (Å²) in [7, 11) is 1.61. The first-order valence-electron chi connectivity index (χ1n) is 5.54. The van der Waals surface area contributed by atoms with Crippen LogP contribution in [0.4, 0.5) is 0 Å². The highest BCUT2D eigenvalue weighted by Gasteiger charge is 2.10. The number of nitrogens with one attached hydrogen (secondary N) is 2. The van der Waals surface area contributed by atoms with Gasteiger partial charge in [0.05, 0.1) is 19.2 Å². The molecule has 0 saturated heterocycles. The highest BCUT2D eigenvalue weighted by molar-refractivity contribution is 7.09. The monoisotopic (exact) mass is 257 g/mol. The number of carbonyl (C=O) groups is 1. The summed E-state index contributed by atoms with van der Waals surface area (Å²) in [6.45, 7) is 5.34. The largest absolute Gasteiger partial charge is 0.383 e. The van der Waals surface area contributed by atoms with Gasteiger partial charge < -0.3 is 10.1 Å². The standard InChI is InChI=1S/C11H19N3O2S/c1-8-7-17-11(14-8)9(2)13-6-10(15)12-4-5-16-3/h7,9,13H,4-6H2,1-3H3,(H,12,15)/t9-/m0/s1. The molecule has 0 radical (unpaired) electrons. The quantitative estimate of drug-likeness (QED) is 0.711. The SMILES string of the molecule is COCCNC(=O)CN[C@@H](C)c1nc(C)cs1. The fourth-order valence-electron chi connectivity index (χ4n) is 1.26. The number of nitrogens with zero attached hydrogens (tertiary/aromatic N) is 1. The van der Waals surface area contributed by atoms with Gasteiger partial charge in [-0.15, -0.1) is 11.3 Å². The molecule has 96 valence electrons. The second kappa shape index (κ2) is 7.37. The molecule has 5 nitrogen and oxygen atoms in total. The van der Waals surface area contributed by atoms with Crippen molar-refractivity contribution in [2.45, 2.75) is 19.9 Å². The fraction of sp³-hybridized carbons (Fsp3) is 0.636. The molecule has 0 fully saturated rings. The van der Waals surface area contributed by atoms with Gasteiger partial charge in [-0.25, -0.2) is 4.98 Å². The average Bonchev–Trinajstić information content (AvgIpc) is 2.73. The Morgan fingerprint density at radius 1 is 1.65 bits per heavy atom. The Hall–Kier alpha value is -0.980. The van der Waals surface area contributed by atoms with Gasteiger partial charge in [-0.2, -0.15) is 0 Å². The number of thiazole rings is 1. The summed E-state index contributed by atoms with van der Waals surface area (Å²) in [6.07, 6.45) is 0. The summed E-state index contributed by atoms with van der Waals surface area (Å²) < 4.78 is 4.85. The molecule has 0 aliphatic carbocycles. The molecule has 0 spiro atoms. The molecule has 1 aromatic heterocycles. The van der Waals surface area contributed by atoms with E-state index in [0.29, 0.717) is 19.7 Å². The van der Waals surface area contributed by atoms with Crippen LogP contribution in [-0.2, 0) is 9.53 Å². The van der Waals surface area contributed by atoms with Gasteiger partial charge in [-0.05, 0) is 13.8 Å². The minimum atomic E-state index is -0.0258. The van der Waals surface area contributed by atoms with E-state index in [2.05, 4.69) is 15.6 Å². The summed E-state index contributed by atoms with van der Waals surface area (Å²) in [5, 5.41) is 8.90. The summed E-state index contributed by atoms with van der Waals surface area (Å²) in [5.41, 5.74) is 1.02. The Balaban J connectivity index is 2.23. The Morgan fingerprint density at radius 2 is 2.41 bits per heavy atom. The van der Waals surface area contributed by atoms with Gasteiger partial charge in [-0.3, -0.25) is 10.1 Å². The fourth-order valence-corrected chi connectivity index (χ4v) is 2.09. The maximum Gasteiger partial charge on any atom is 0.234 e. The third-order valence-corrected chi connectivity index (χ3v) is 3.35. The van der Waals surface area contributed by atoms with Crippen molar-refractivity contribution in [1.82, 2.24) is 15.6 Å². The number of ether oxygens (including phenoxy) is 1. The van der Waals surface area contributed by atoms with Crippen molar-refractivity contribution in [3.8, 4) is 0 Å². The molecule has 2 N–H and O–H groups in total. The first kappa shape index (κ1) is 14.1. The summed E-state index contributed by atoms with van der Waals surface area (Å²) in [4.78, 5) is 15.8. The molecule has 17 heavy (non-hydrogen) atoms. The number of hydrogen-bond donors (Lipinski definition) is 2. The van der Waals surface area contributed by atoms with E-state index in [0.717, 1.165) is 10.7 Å². The minimum Gasteiger partial charge on any atom is -0.383 e. The molecule has 1 aromatic rings. The lowest BCUT2D eigenvalue weighted by Crippen LogP contribution is -2.36. The van der Waals surface area contributed by atoms with Crippen molar-refractivity contribution in [2.24, 2.45) is 0 Å². The molecule has 0 bridgehead atoms. The normalized spacial score (nSPS) is 12.4. The number of methoxy groups -OCH3 is 1. The van der Waals surface area contributed by atoms with E-state index in [4.69, 9.17) is 4.74 Å². The van der Waals surface area contributed by atoms with Crippen LogP contribution in [0, 0.1) is 6.92 Å². The van der Waals surface area contributed by atoms with Crippen LogP contribution in [-0.4, -0.2) is 37.7 Å². The van der Waals surface area contributed by atoms with E-state index in [1.165, 1.54) is 0 Å². The van der Waals surface area contributed by atoms with Crippen LogP contribution >= 0.6 is 11.3 Å². The Kier molecular flexibility index (Phi) is 6.10. The van der Waals surface area contributed by atoms with E-state index in [-0.39, 0.29) is 11.9 Å². The Labute approximate surface area is 106 Å². The van der Waals surface area contributed by atoms with Crippen LogP contribution < -0.4 is 10.6 Å². The maximum atomic E-state index is 11.4. The third-order valence-electron chi connectivity index (χ3n) is 2.20. The van der Waals surface area contributed by atoms with E-state index < -0.39 is 0 Å². The van der Waals surface area contributed by atoms with Crippen molar-refractivity contribution in [3.63, 3.8) is 0 Å². The number of aromatic nitrogens is 1. The third kappa shape index (κ3) is 5.25. The van der Waals surface area contributed by atoms with Crippen molar-refractivity contribution in [2.75, 3.05) is 26.8 Å². The second-order valence-corrected chi connectivity index (χ2v) is 4.66. The summed E-state index contributed by atoms with van der Waals surface area (Å²) in [5.74, 6) is -0.0258. The smallest absolute Gasteiger partial charge is 0.234 e. The lowest BCUT2D eigenvalue weighted by Gasteiger charge is -2.11. The van der Waals surface area contributed by atoms with Crippen molar-refractivity contribution in [3.05, 3.63) is 16.1 Å². The number of carbonyl (C=O) groups excluding carboxylic acids is 1. The lowest BCUT2D eigenvalue weighted by atomic mass is 10.3. The van der Waals surface area contributed by atoms with Crippen molar-refractivity contribution < 1.29 is 9.53 Å². The highest BCUT2D eigenvalue weighted by Crippen LogP contribution is 2.16. The van der Waals surface area contributed by atoms with Crippen LogP contribution in [0.5, 0.6) is 0 Å². The molecule has 0 aliphatic rings. The molecule has 6 heteroatoms. The molecule has 1 amide bonds. The molecular weight excluding hydrogens is 238 g/mol. The summed E-state index contributed by atoms with van der Waals surface area (Å²) >= 11 is 1.61. The van der Waals surface area contributed by atoms with Crippen LogP contribution in [0.2, 0.25) is 0 Å². The molecule has 1 heterocycles. The van der Waals surface area contributed by atoms with Crippen LogP contribution in [0.3, 0.4) is 0 Å². The van der Waals surface area contributed by atoms with Crippen LogP contribution in [0.1, 0.15) is 23.7 Å². The highest BCUT2D eigenvalue weighted by atomic mass is 32.1. The molecular formula is C11H19N3O2S. The van der Waals surface area contributed by atoms with Crippen LogP contribution in [0.25, 0.3) is 0 Å². The van der Waals surface area contributed by atoms with E-state index in [9.17, 15) is 4.79 Å². The number of hydrogen-bond acceptors (Lipinski definition) is 5. The number of amides is 1. The average molecular weight is 257 g/mol. The zero-order valence-corrected chi connectivity index (χ0v) is 11.3. The predicted molar refractivity (Wildman–Crippen MR) is 68.2 cm³/mol. The first-order chi connectivity index (χ1) is 8.13. The van der Waals surface area contributed by atoms with Gasteiger partial charge in [0.15, 0.2) is 0 Å². The molecule has 0 saturated carbocycles. The van der Waals surface area contributed by atoms with E-state index >= 15 is 0 Å². The zero-order chi connectivity index (χ0) is 12.7. The van der Waals surface area contributed by atoms with Gasteiger partial charge in [0.1, 0.15) is 5.01 Å². The topological polar surface area (TPSA) is 63.2 Å². The van der Waals surface area contributed by atoms with Crippen molar-refractivity contribution >= 4 is 17.2 Å². The Morgan fingerprint density at radius 3 is 3.00 bits per heavy atom. The Bertz CT molecular complexity index is 354. The molecule has 1 atom stereocenters. The van der Waals surface area contributed by atoms with Crippen LogP contribution in [0.15, 0.2) is 5.38 Å². The molecule has 0 aromatic carbocycles. The summed E-state index contributed by atoms with van der Waals surface area (Å²) in [6, 6.07) is 0.0990. The number of aryl methyl sites for hydroxylation is 1. The molecule has 1 rings (SSSR count). The lowest BCUT2D eigenvalue weighted by molar-refractivity contribution is -0.120. The van der Waals surface area contributed by atoms with Gasteiger partial charge in [0.2, 0.25) is 5.91 Å². The van der Waals surface area contributed by atoms with Gasteiger partial charge >= 0.3 is 0 Å².